The Balaban J connectivity index is 4.83. The average molecular weight is 629 g/mol. The van der Waals surface area contributed by atoms with Gasteiger partial charge in [-0.3, -0.25) is 14.4 Å². The van der Waals surface area contributed by atoms with Gasteiger partial charge in [-0.2, -0.15) is 0 Å². The second kappa shape index (κ2) is 22.4. The Morgan fingerprint density at radius 2 is 0.977 bits per heavy atom. The lowest BCUT2D eigenvalue weighted by molar-refractivity contribution is -0.164. The van der Waals surface area contributed by atoms with E-state index in [0.29, 0.717) is 51.9 Å². The Bertz CT molecular complexity index is 804. The van der Waals surface area contributed by atoms with Crippen molar-refractivity contribution in [1.29, 1.82) is 0 Å². The van der Waals surface area contributed by atoms with Crippen molar-refractivity contribution in [3.05, 3.63) is 0 Å². The van der Waals surface area contributed by atoms with Crippen LogP contribution in [0, 0.1) is 5.41 Å². The van der Waals surface area contributed by atoms with Crippen LogP contribution in [-0.2, 0) is 33.3 Å². The highest BCUT2D eigenvalue weighted by Gasteiger charge is 2.38. The summed E-state index contributed by atoms with van der Waals surface area (Å²) in [5.74, 6) is 0.239. The largest absolute Gasteiger partial charge is 0.396 e. The van der Waals surface area contributed by atoms with Gasteiger partial charge in [0.2, 0.25) is 0 Å². The molecule has 1 atom stereocenters. The fourth-order valence-corrected chi connectivity index (χ4v) is 4.74. The molecule has 0 aliphatic heterocycles. The van der Waals surface area contributed by atoms with Crippen molar-refractivity contribution in [3.63, 3.8) is 0 Å². The monoisotopic (exact) mass is 628 g/mol. The van der Waals surface area contributed by atoms with Crippen molar-refractivity contribution in [2.45, 2.75) is 169 Å². The number of ketones is 3. The second-order valence-corrected chi connectivity index (χ2v) is 13.9. The Hall–Kier alpha value is -1.19. The lowest BCUT2D eigenvalue weighted by atomic mass is 9.86. The highest BCUT2D eigenvalue weighted by Crippen LogP contribution is 2.30. The standard InChI is InChI=1S/C36H68O8/c1-10-13-14-17-22-30(38)33(4,5)42-26-21-16-19-24-32(40)35(8,9)44-29-36(11-2,27-41-12-3)28-43-34(6,7)31(39)23-18-15-20-25-37/h37H,10-29H2,1-9H3. The molecule has 8 heteroatoms. The van der Waals surface area contributed by atoms with Crippen LogP contribution in [0.2, 0.25) is 0 Å². The van der Waals surface area contributed by atoms with Crippen molar-refractivity contribution < 1.29 is 38.4 Å². The average Bonchev–Trinajstić information content (AvgIpc) is 2.98. The van der Waals surface area contributed by atoms with Gasteiger partial charge < -0.3 is 24.1 Å². The van der Waals surface area contributed by atoms with E-state index >= 15 is 0 Å². The number of carbonyl (C=O) groups excluding carboxylic acids is 3. The molecule has 1 unspecified atom stereocenters. The molecule has 0 spiro atoms. The van der Waals surface area contributed by atoms with Crippen LogP contribution in [0.1, 0.15) is 152 Å². The molecule has 0 bridgehead atoms. The fraction of sp³-hybridized carbons (Fsp3) is 0.917. The van der Waals surface area contributed by atoms with Crippen LogP contribution < -0.4 is 0 Å². The minimum atomic E-state index is -0.965. The molecule has 260 valence electrons. The molecule has 8 nitrogen and oxygen atoms in total. The van der Waals surface area contributed by atoms with E-state index in [1.807, 2.05) is 41.5 Å². The zero-order valence-corrected chi connectivity index (χ0v) is 29.9. The summed E-state index contributed by atoms with van der Waals surface area (Å²) < 4.78 is 24.2. The molecule has 0 aromatic heterocycles. The first kappa shape index (κ1) is 42.8. The molecule has 0 heterocycles. The summed E-state index contributed by atoms with van der Waals surface area (Å²) in [5.41, 5.74) is -3.18. The van der Waals surface area contributed by atoms with Gasteiger partial charge in [0.1, 0.15) is 16.8 Å². The van der Waals surface area contributed by atoms with Gasteiger partial charge in [-0.1, -0.05) is 46.0 Å². The molecule has 0 amide bonds. The lowest BCUT2D eigenvalue weighted by Crippen LogP contribution is -2.46. The molecule has 0 radical (unpaired) electrons. The molecule has 0 aromatic rings. The summed E-state index contributed by atoms with van der Waals surface area (Å²) in [7, 11) is 0. The molecule has 0 saturated heterocycles. The fourth-order valence-electron chi connectivity index (χ4n) is 4.74. The normalized spacial score (nSPS) is 14.0. The Morgan fingerprint density at radius 1 is 0.545 bits per heavy atom. The van der Waals surface area contributed by atoms with Crippen LogP contribution in [0.4, 0.5) is 0 Å². The smallest absolute Gasteiger partial charge is 0.164 e. The van der Waals surface area contributed by atoms with Gasteiger partial charge in [0.15, 0.2) is 17.3 Å². The Morgan fingerprint density at radius 3 is 1.39 bits per heavy atom. The maximum Gasteiger partial charge on any atom is 0.164 e. The van der Waals surface area contributed by atoms with Gasteiger partial charge in [0.05, 0.1) is 19.8 Å². The van der Waals surface area contributed by atoms with E-state index in [1.54, 1.807) is 13.8 Å². The van der Waals surface area contributed by atoms with Crippen molar-refractivity contribution in [2.24, 2.45) is 5.41 Å². The number of aliphatic hydroxyl groups excluding tert-OH is 1. The van der Waals surface area contributed by atoms with E-state index in [9.17, 15) is 14.4 Å². The quantitative estimate of drug-likeness (QED) is 0.0811. The van der Waals surface area contributed by atoms with Crippen molar-refractivity contribution in [1.82, 2.24) is 0 Å². The third-order valence-corrected chi connectivity index (χ3v) is 8.69. The lowest BCUT2D eigenvalue weighted by Gasteiger charge is -2.38. The maximum atomic E-state index is 13.1. The summed E-state index contributed by atoms with van der Waals surface area (Å²) in [6, 6.07) is 0. The van der Waals surface area contributed by atoms with Crippen LogP contribution in [0.5, 0.6) is 0 Å². The van der Waals surface area contributed by atoms with Crippen molar-refractivity contribution in [3.8, 4) is 0 Å². The van der Waals surface area contributed by atoms with Crippen LogP contribution in [0.25, 0.3) is 0 Å². The van der Waals surface area contributed by atoms with Gasteiger partial charge in [0, 0.05) is 44.5 Å². The topological polar surface area (TPSA) is 108 Å². The molecule has 0 aliphatic rings. The molecule has 0 aliphatic carbocycles. The summed E-state index contributed by atoms with van der Waals surface area (Å²) in [4.78, 5) is 38.5. The molecular weight excluding hydrogens is 560 g/mol. The van der Waals surface area contributed by atoms with Gasteiger partial charge >= 0.3 is 0 Å². The number of ether oxygens (including phenoxy) is 4. The number of hydrogen-bond acceptors (Lipinski definition) is 8. The summed E-state index contributed by atoms with van der Waals surface area (Å²) in [6.07, 6.45) is 11.0. The number of carbonyl (C=O) groups is 3. The minimum absolute atomic E-state index is 0.0382. The second-order valence-electron chi connectivity index (χ2n) is 13.9. The van der Waals surface area contributed by atoms with E-state index in [0.717, 1.165) is 57.8 Å². The number of unbranched alkanes of at least 4 members (excludes halogenated alkanes) is 7. The van der Waals surface area contributed by atoms with Gasteiger partial charge in [-0.25, -0.2) is 0 Å². The van der Waals surface area contributed by atoms with Crippen molar-refractivity contribution >= 4 is 17.3 Å². The van der Waals surface area contributed by atoms with E-state index in [-0.39, 0.29) is 37.2 Å². The first-order valence-corrected chi connectivity index (χ1v) is 17.3. The predicted molar refractivity (Wildman–Crippen MR) is 177 cm³/mol. The Labute approximate surface area is 269 Å². The summed E-state index contributed by atoms with van der Waals surface area (Å²) in [5, 5.41) is 8.98. The van der Waals surface area contributed by atoms with Crippen LogP contribution in [-0.4, -0.2) is 78.9 Å². The zero-order chi connectivity index (χ0) is 33.7. The minimum Gasteiger partial charge on any atom is -0.396 e. The van der Waals surface area contributed by atoms with Crippen LogP contribution in [0.3, 0.4) is 0 Å². The highest BCUT2D eigenvalue weighted by atomic mass is 16.5. The molecule has 0 rings (SSSR count). The first-order valence-electron chi connectivity index (χ1n) is 17.3. The molecule has 0 saturated carbocycles. The van der Waals surface area contributed by atoms with E-state index < -0.39 is 22.2 Å². The number of aliphatic hydroxyl groups is 1. The summed E-state index contributed by atoms with van der Waals surface area (Å²) >= 11 is 0. The van der Waals surface area contributed by atoms with Crippen molar-refractivity contribution in [2.75, 3.05) is 39.6 Å². The number of hydrogen-bond donors (Lipinski definition) is 1. The molecular formula is C36H68O8. The number of rotatable bonds is 30. The molecule has 44 heavy (non-hydrogen) atoms. The summed E-state index contributed by atoms with van der Waals surface area (Å²) in [6.45, 7) is 19.2. The molecule has 0 fully saturated rings. The Kier molecular flexibility index (Phi) is 21.8. The van der Waals surface area contributed by atoms with E-state index in [4.69, 9.17) is 24.1 Å². The van der Waals surface area contributed by atoms with Gasteiger partial charge in [-0.15, -0.1) is 0 Å². The maximum absolute atomic E-state index is 13.1. The van der Waals surface area contributed by atoms with E-state index in [1.165, 1.54) is 0 Å². The van der Waals surface area contributed by atoms with Gasteiger partial charge in [0.25, 0.3) is 0 Å². The first-order chi connectivity index (χ1) is 20.6. The predicted octanol–water partition coefficient (Wildman–Crippen LogP) is 7.60. The third-order valence-electron chi connectivity index (χ3n) is 8.69. The molecule has 0 aromatic carbocycles. The zero-order valence-electron chi connectivity index (χ0n) is 29.9. The molecule has 1 N–H and O–H groups in total. The highest BCUT2D eigenvalue weighted by molar-refractivity contribution is 5.87. The van der Waals surface area contributed by atoms with E-state index in [2.05, 4.69) is 6.92 Å². The third kappa shape index (κ3) is 17.5. The van der Waals surface area contributed by atoms with Crippen LogP contribution in [0.15, 0.2) is 0 Å². The number of Topliss-reactive ketones (excluding diaryl/α,β-unsaturated/α-hetero) is 3. The van der Waals surface area contributed by atoms with Crippen LogP contribution >= 0.6 is 0 Å². The van der Waals surface area contributed by atoms with Gasteiger partial charge in [-0.05, 0) is 87.0 Å². The SMILES string of the molecule is CCCCCCC(=O)C(C)(C)OCCCCCC(=O)C(C)(C)OCC(CC)(COCC)COC(C)(C)C(=O)CCCCCO.